The highest BCUT2D eigenvalue weighted by Crippen LogP contribution is 2.29. The van der Waals surface area contributed by atoms with Crippen molar-refractivity contribution < 1.29 is 4.79 Å². The highest BCUT2D eigenvalue weighted by atomic mass is 79.9. The number of pyridine rings is 1. The van der Waals surface area contributed by atoms with E-state index in [9.17, 15) is 14.4 Å². The summed E-state index contributed by atoms with van der Waals surface area (Å²) in [7, 11) is 3.05. The second-order valence-corrected chi connectivity index (χ2v) is 8.87. The van der Waals surface area contributed by atoms with Gasteiger partial charge in [-0.15, -0.1) is 11.8 Å². The van der Waals surface area contributed by atoms with E-state index < -0.39 is 11.2 Å². The van der Waals surface area contributed by atoms with Crippen molar-refractivity contribution in [3.63, 3.8) is 0 Å². The van der Waals surface area contributed by atoms with Gasteiger partial charge in [0, 0.05) is 35.3 Å². The lowest BCUT2D eigenvalue weighted by Crippen LogP contribution is -2.37. The van der Waals surface area contributed by atoms with Gasteiger partial charge in [0.2, 0.25) is 5.91 Å². The zero-order valence-electron chi connectivity index (χ0n) is 17.1. The number of hydrogen-bond acceptors (Lipinski definition) is 5. The Labute approximate surface area is 186 Å². The molecule has 2 heterocycles. The van der Waals surface area contributed by atoms with Gasteiger partial charge in [0.1, 0.15) is 5.65 Å². The second kappa shape index (κ2) is 9.61. The van der Waals surface area contributed by atoms with E-state index >= 15 is 0 Å². The number of aromatic nitrogens is 3. The first-order valence-electron chi connectivity index (χ1n) is 9.59. The van der Waals surface area contributed by atoms with Gasteiger partial charge in [-0.25, -0.2) is 9.78 Å². The smallest absolute Gasteiger partial charge is 0.325 e. The largest absolute Gasteiger partial charge is 0.332 e. The maximum Gasteiger partial charge on any atom is 0.332 e. The Kier molecular flexibility index (Phi) is 7.14. The second-order valence-electron chi connectivity index (χ2n) is 6.96. The Morgan fingerprint density at radius 3 is 2.53 bits per heavy atom. The van der Waals surface area contributed by atoms with Crippen molar-refractivity contribution in [2.45, 2.75) is 31.1 Å². The zero-order valence-corrected chi connectivity index (χ0v) is 19.5. The molecule has 0 aliphatic carbocycles. The number of anilines is 1. The summed E-state index contributed by atoms with van der Waals surface area (Å²) in [5.41, 5.74) is 1.13. The number of unbranched alkanes of at least 4 members (excludes halogenated alkanes) is 1. The molecule has 0 spiro atoms. The Morgan fingerprint density at radius 1 is 1.17 bits per heavy atom. The van der Waals surface area contributed by atoms with Crippen molar-refractivity contribution in [1.82, 2.24) is 14.1 Å². The van der Waals surface area contributed by atoms with Gasteiger partial charge < -0.3 is 5.32 Å². The molecule has 0 aliphatic heterocycles. The number of aryl methyl sites for hydroxylation is 2. The van der Waals surface area contributed by atoms with Gasteiger partial charge in [-0.2, -0.15) is 0 Å². The summed E-state index contributed by atoms with van der Waals surface area (Å²) in [4.78, 5) is 42.8. The van der Waals surface area contributed by atoms with Crippen LogP contribution in [0.5, 0.6) is 0 Å². The molecular weight excluding hydrogens is 468 g/mol. The third-order valence-electron chi connectivity index (χ3n) is 4.77. The number of halogens is 1. The third-order valence-corrected chi connectivity index (χ3v) is 6.46. The van der Waals surface area contributed by atoms with Crippen molar-refractivity contribution in [3.05, 3.63) is 61.3 Å². The average Bonchev–Trinajstić information content (AvgIpc) is 2.74. The van der Waals surface area contributed by atoms with Crippen molar-refractivity contribution in [3.8, 4) is 0 Å². The van der Waals surface area contributed by atoms with Gasteiger partial charge in [0.25, 0.3) is 5.56 Å². The van der Waals surface area contributed by atoms with Crippen LogP contribution in [0.25, 0.3) is 11.0 Å². The fraction of sp³-hybridized carbons (Fsp3) is 0.333. The molecule has 0 aliphatic rings. The van der Waals surface area contributed by atoms with E-state index in [-0.39, 0.29) is 11.7 Å². The topological polar surface area (TPSA) is 86.0 Å². The Bertz CT molecular complexity index is 1200. The van der Waals surface area contributed by atoms with Gasteiger partial charge in [0.15, 0.2) is 0 Å². The molecule has 0 unspecified atom stereocenters. The predicted octanol–water partition coefficient (Wildman–Crippen LogP) is 3.47. The average molecular weight is 491 g/mol. The van der Waals surface area contributed by atoms with Crippen LogP contribution in [-0.2, 0) is 25.3 Å². The van der Waals surface area contributed by atoms with Crippen LogP contribution in [0.15, 0.2) is 49.4 Å². The maximum absolute atomic E-state index is 12.9. The normalized spacial score (nSPS) is 11.1. The molecule has 0 saturated carbocycles. The standard InChI is InChI=1S/C21H23BrN4O3S/c1-4-5-6-13-11-23-19-17(20(28)26(3)21(29)25(19)2)18(13)30-12-16(27)24-15-9-7-14(22)8-10-15/h7-11H,4-6,12H2,1-3H3,(H,24,27). The summed E-state index contributed by atoms with van der Waals surface area (Å²) in [6, 6.07) is 7.33. The van der Waals surface area contributed by atoms with E-state index in [1.807, 2.05) is 24.3 Å². The molecule has 0 atom stereocenters. The molecular formula is C21H23BrN4O3S. The van der Waals surface area contributed by atoms with Crippen LogP contribution in [0.1, 0.15) is 25.3 Å². The number of carbonyl (C=O) groups is 1. The van der Waals surface area contributed by atoms with E-state index in [1.54, 1.807) is 13.2 Å². The van der Waals surface area contributed by atoms with Crippen LogP contribution < -0.4 is 16.6 Å². The first-order chi connectivity index (χ1) is 14.3. The van der Waals surface area contributed by atoms with Gasteiger partial charge in [-0.05, 0) is 42.7 Å². The molecule has 7 nitrogen and oxygen atoms in total. The van der Waals surface area contributed by atoms with Crippen LogP contribution in [0.2, 0.25) is 0 Å². The molecule has 3 aromatic rings. The number of carbonyl (C=O) groups excluding carboxylic acids is 1. The van der Waals surface area contributed by atoms with E-state index in [4.69, 9.17) is 0 Å². The summed E-state index contributed by atoms with van der Waals surface area (Å²) in [5.74, 6) is -0.0318. The minimum atomic E-state index is -0.426. The lowest BCUT2D eigenvalue weighted by molar-refractivity contribution is -0.113. The Balaban J connectivity index is 1.97. The zero-order chi connectivity index (χ0) is 21.8. The molecule has 0 bridgehead atoms. The van der Waals surface area contributed by atoms with E-state index in [1.165, 1.54) is 23.4 Å². The SMILES string of the molecule is CCCCc1cnc2c(c1SCC(=O)Nc1ccc(Br)cc1)c(=O)n(C)c(=O)n2C. The summed E-state index contributed by atoms with van der Waals surface area (Å²) in [5, 5.41) is 3.25. The quantitative estimate of drug-likeness (QED) is 0.512. The molecule has 0 radical (unpaired) electrons. The number of amides is 1. The third kappa shape index (κ3) is 4.67. The predicted molar refractivity (Wildman–Crippen MR) is 124 cm³/mol. The molecule has 1 aromatic carbocycles. The van der Waals surface area contributed by atoms with Gasteiger partial charge in [-0.3, -0.25) is 18.7 Å². The highest BCUT2D eigenvalue weighted by molar-refractivity contribution is 9.10. The van der Waals surface area contributed by atoms with Crippen molar-refractivity contribution in [2.75, 3.05) is 11.1 Å². The molecule has 3 rings (SSSR count). The number of hydrogen-bond donors (Lipinski definition) is 1. The summed E-state index contributed by atoms with van der Waals surface area (Å²) < 4.78 is 3.38. The van der Waals surface area contributed by atoms with E-state index in [0.717, 1.165) is 38.8 Å². The monoisotopic (exact) mass is 490 g/mol. The van der Waals surface area contributed by atoms with E-state index in [2.05, 4.69) is 33.2 Å². The van der Waals surface area contributed by atoms with Gasteiger partial charge in [0.05, 0.1) is 11.1 Å². The molecule has 1 N–H and O–H groups in total. The summed E-state index contributed by atoms with van der Waals surface area (Å²) >= 11 is 4.67. The Hall–Kier alpha value is -2.39. The van der Waals surface area contributed by atoms with Gasteiger partial charge >= 0.3 is 5.69 Å². The lowest BCUT2D eigenvalue weighted by atomic mass is 10.1. The van der Waals surface area contributed by atoms with Crippen molar-refractivity contribution in [2.24, 2.45) is 14.1 Å². The molecule has 30 heavy (non-hydrogen) atoms. The van der Waals surface area contributed by atoms with Gasteiger partial charge in [-0.1, -0.05) is 29.3 Å². The molecule has 0 saturated heterocycles. The number of thioether (sulfide) groups is 1. The molecule has 2 aromatic heterocycles. The van der Waals surface area contributed by atoms with E-state index in [0.29, 0.717) is 16.7 Å². The van der Waals surface area contributed by atoms with Crippen LogP contribution in [0.4, 0.5) is 5.69 Å². The van der Waals surface area contributed by atoms with Crippen LogP contribution >= 0.6 is 27.7 Å². The summed E-state index contributed by atoms with van der Waals surface area (Å²) in [6.07, 6.45) is 4.41. The maximum atomic E-state index is 12.9. The highest BCUT2D eigenvalue weighted by Gasteiger charge is 2.18. The number of benzene rings is 1. The van der Waals surface area contributed by atoms with Crippen molar-refractivity contribution in [1.29, 1.82) is 0 Å². The molecule has 1 amide bonds. The molecule has 158 valence electrons. The fourth-order valence-corrected chi connectivity index (χ4v) is 4.39. The minimum absolute atomic E-state index is 0.139. The number of nitrogens with one attached hydrogen (secondary N) is 1. The number of nitrogens with zero attached hydrogens (tertiary/aromatic N) is 3. The first kappa shape index (κ1) is 22.3. The number of rotatable bonds is 7. The van der Waals surface area contributed by atoms with Crippen LogP contribution in [0.3, 0.4) is 0 Å². The van der Waals surface area contributed by atoms with Crippen LogP contribution in [0, 0.1) is 0 Å². The molecule has 0 fully saturated rings. The number of fused-ring (bicyclic) bond motifs is 1. The van der Waals surface area contributed by atoms with Crippen LogP contribution in [-0.4, -0.2) is 25.8 Å². The molecule has 9 heteroatoms. The minimum Gasteiger partial charge on any atom is -0.325 e. The lowest BCUT2D eigenvalue weighted by Gasteiger charge is -2.14. The summed E-state index contributed by atoms with van der Waals surface area (Å²) in [6.45, 7) is 2.09. The van der Waals surface area contributed by atoms with Crippen molar-refractivity contribution >= 4 is 50.3 Å². The fourth-order valence-electron chi connectivity index (χ4n) is 3.12. The Morgan fingerprint density at radius 2 is 1.87 bits per heavy atom. The first-order valence-corrected chi connectivity index (χ1v) is 11.4.